The molecule has 0 atom stereocenters. The second kappa shape index (κ2) is 22.8. The van der Waals surface area contributed by atoms with E-state index < -0.39 is 0 Å². The van der Waals surface area contributed by atoms with Crippen molar-refractivity contribution in [2.45, 2.75) is 175 Å². The minimum Gasteiger partial charge on any atom is -0.492 e. The third kappa shape index (κ3) is 15.7. The van der Waals surface area contributed by atoms with Gasteiger partial charge in [0.25, 0.3) is 0 Å². The number of hydrogen-bond donors (Lipinski definition) is 0. The predicted octanol–water partition coefficient (Wildman–Crippen LogP) is 13.6. The van der Waals surface area contributed by atoms with Gasteiger partial charge in [-0.1, -0.05) is 142 Å². The van der Waals surface area contributed by atoms with Gasteiger partial charge < -0.3 is 4.74 Å². The molecule has 0 aliphatic heterocycles. The summed E-state index contributed by atoms with van der Waals surface area (Å²) < 4.78 is 6.39. The molecule has 0 spiro atoms. The van der Waals surface area contributed by atoms with Gasteiger partial charge in [0, 0.05) is 9.75 Å². The van der Waals surface area contributed by atoms with Crippen molar-refractivity contribution in [3.8, 4) is 15.5 Å². The quantitative estimate of drug-likeness (QED) is 0.102. The van der Waals surface area contributed by atoms with Crippen LogP contribution < -0.4 is 4.74 Å². The standard InChI is InChI=1S/C36H62OS2/c1-5-7-9-11-13-15-17-19-21-23-25-27-33-29-31(3)38-35(33)36-34(30-32(4)39-36)37-28-26-24-22-20-18-16-14-12-10-8-6-2/h29-30H,5-28H2,1-4H3. The Kier molecular flexibility index (Phi) is 20.1. The summed E-state index contributed by atoms with van der Waals surface area (Å²) in [6, 6.07) is 4.72. The third-order valence-electron chi connectivity index (χ3n) is 8.01. The fourth-order valence-corrected chi connectivity index (χ4v) is 7.82. The van der Waals surface area contributed by atoms with Gasteiger partial charge in [-0.25, -0.2) is 0 Å². The normalized spacial score (nSPS) is 11.5. The van der Waals surface area contributed by atoms with Crippen molar-refractivity contribution in [1.29, 1.82) is 0 Å². The molecule has 3 heteroatoms. The summed E-state index contributed by atoms with van der Waals surface area (Å²) >= 11 is 3.89. The minimum atomic E-state index is 0.860. The van der Waals surface area contributed by atoms with E-state index in [9.17, 15) is 0 Å². The summed E-state index contributed by atoms with van der Waals surface area (Å²) in [5, 5.41) is 0. The molecular formula is C36H62OS2. The largest absolute Gasteiger partial charge is 0.492 e. The molecule has 1 nitrogen and oxygen atoms in total. The molecule has 0 fully saturated rings. The van der Waals surface area contributed by atoms with Gasteiger partial charge in [-0.05, 0) is 50.8 Å². The zero-order valence-electron chi connectivity index (χ0n) is 26.4. The highest BCUT2D eigenvalue weighted by molar-refractivity contribution is 7.22. The molecule has 2 rings (SSSR count). The monoisotopic (exact) mass is 574 g/mol. The molecule has 0 unspecified atom stereocenters. The Hall–Kier alpha value is -0.800. The van der Waals surface area contributed by atoms with Gasteiger partial charge >= 0.3 is 0 Å². The van der Waals surface area contributed by atoms with Crippen LogP contribution in [0.15, 0.2) is 12.1 Å². The average Bonchev–Trinajstić information content (AvgIpc) is 3.48. The summed E-state index contributed by atoms with van der Waals surface area (Å²) in [4.78, 5) is 5.66. The number of aryl methyl sites for hydroxylation is 3. The number of unbranched alkanes of at least 4 members (excludes halogenated alkanes) is 20. The number of hydrogen-bond acceptors (Lipinski definition) is 3. The highest BCUT2D eigenvalue weighted by Crippen LogP contribution is 2.44. The van der Waals surface area contributed by atoms with Crippen LogP contribution in [-0.4, -0.2) is 6.61 Å². The molecule has 0 aromatic carbocycles. The molecule has 0 saturated carbocycles. The van der Waals surface area contributed by atoms with Crippen molar-refractivity contribution in [3.05, 3.63) is 27.5 Å². The van der Waals surface area contributed by atoms with E-state index in [0.29, 0.717) is 0 Å². The zero-order chi connectivity index (χ0) is 28.0. The van der Waals surface area contributed by atoms with Gasteiger partial charge in [-0.3, -0.25) is 0 Å². The van der Waals surface area contributed by atoms with Crippen LogP contribution in [0.4, 0.5) is 0 Å². The van der Waals surface area contributed by atoms with E-state index in [1.54, 1.807) is 5.56 Å². The van der Waals surface area contributed by atoms with E-state index in [1.165, 1.54) is 167 Å². The fraction of sp³-hybridized carbons (Fsp3) is 0.778. The highest BCUT2D eigenvalue weighted by atomic mass is 32.1. The molecule has 2 aromatic heterocycles. The lowest BCUT2D eigenvalue weighted by atomic mass is 10.0. The van der Waals surface area contributed by atoms with Crippen LogP contribution in [0.2, 0.25) is 0 Å². The topological polar surface area (TPSA) is 9.23 Å². The van der Waals surface area contributed by atoms with Gasteiger partial charge in [0.2, 0.25) is 0 Å². The molecule has 0 radical (unpaired) electrons. The maximum Gasteiger partial charge on any atom is 0.138 e. The van der Waals surface area contributed by atoms with Crippen molar-refractivity contribution in [2.24, 2.45) is 0 Å². The van der Waals surface area contributed by atoms with Gasteiger partial charge in [-0.15, -0.1) is 22.7 Å². The second-order valence-corrected chi connectivity index (χ2v) is 14.4. The number of rotatable bonds is 26. The Bertz CT molecular complexity index is 833. The van der Waals surface area contributed by atoms with E-state index in [-0.39, 0.29) is 0 Å². The first-order chi connectivity index (χ1) is 19.2. The van der Waals surface area contributed by atoms with E-state index in [1.807, 2.05) is 22.7 Å². The SMILES string of the molecule is CCCCCCCCCCCCCOc1cc(C)sc1-c1sc(C)cc1CCCCCCCCCCCCC. The van der Waals surface area contributed by atoms with Gasteiger partial charge in [0.15, 0.2) is 0 Å². The van der Waals surface area contributed by atoms with Crippen LogP contribution in [-0.2, 0) is 6.42 Å². The van der Waals surface area contributed by atoms with Crippen LogP contribution >= 0.6 is 22.7 Å². The first-order valence-electron chi connectivity index (χ1n) is 17.0. The summed E-state index contributed by atoms with van der Waals surface area (Å²) in [5.41, 5.74) is 1.55. The van der Waals surface area contributed by atoms with E-state index >= 15 is 0 Å². The molecule has 2 aromatic rings. The van der Waals surface area contributed by atoms with Crippen LogP contribution in [0.25, 0.3) is 9.75 Å². The number of ether oxygens (including phenoxy) is 1. The summed E-state index contributed by atoms with van der Waals surface area (Å²) in [6.45, 7) is 9.95. The Morgan fingerprint density at radius 1 is 0.487 bits per heavy atom. The van der Waals surface area contributed by atoms with E-state index in [4.69, 9.17) is 4.74 Å². The Morgan fingerprint density at radius 2 is 0.897 bits per heavy atom. The minimum absolute atomic E-state index is 0.860. The second-order valence-electron chi connectivity index (χ2n) is 11.9. The zero-order valence-corrected chi connectivity index (χ0v) is 28.0. The lowest BCUT2D eigenvalue weighted by Crippen LogP contribution is -1.97. The first kappa shape index (κ1) is 34.4. The molecule has 2 heterocycles. The molecule has 0 aliphatic carbocycles. The molecule has 0 aliphatic rings. The average molecular weight is 575 g/mol. The van der Waals surface area contributed by atoms with E-state index in [2.05, 4.69) is 39.8 Å². The first-order valence-corrected chi connectivity index (χ1v) is 18.6. The van der Waals surface area contributed by atoms with E-state index in [0.717, 1.165) is 12.4 Å². The molecule has 0 saturated heterocycles. The fourth-order valence-electron chi connectivity index (χ4n) is 5.63. The van der Waals surface area contributed by atoms with Crippen molar-refractivity contribution in [3.63, 3.8) is 0 Å². The summed E-state index contributed by atoms with van der Waals surface area (Å²) in [5.74, 6) is 1.13. The van der Waals surface area contributed by atoms with Crippen LogP contribution in [0.1, 0.15) is 170 Å². The lowest BCUT2D eigenvalue weighted by molar-refractivity contribution is 0.306. The van der Waals surface area contributed by atoms with Gasteiger partial charge in [0.05, 0.1) is 16.4 Å². The molecule has 224 valence electrons. The van der Waals surface area contributed by atoms with Crippen molar-refractivity contribution < 1.29 is 4.74 Å². The molecular weight excluding hydrogens is 513 g/mol. The van der Waals surface area contributed by atoms with Crippen molar-refractivity contribution in [1.82, 2.24) is 0 Å². The highest BCUT2D eigenvalue weighted by Gasteiger charge is 2.17. The van der Waals surface area contributed by atoms with Crippen molar-refractivity contribution in [2.75, 3.05) is 6.61 Å². The van der Waals surface area contributed by atoms with Crippen molar-refractivity contribution >= 4 is 22.7 Å². The number of thiophene rings is 2. The Labute approximate surface area is 251 Å². The van der Waals surface area contributed by atoms with Gasteiger partial charge in [0.1, 0.15) is 5.75 Å². The van der Waals surface area contributed by atoms with Crippen LogP contribution in [0.3, 0.4) is 0 Å². The smallest absolute Gasteiger partial charge is 0.138 e. The Morgan fingerprint density at radius 3 is 1.41 bits per heavy atom. The molecule has 39 heavy (non-hydrogen) atoms. The molecule has 0 amide bonds. The summed E-state index contributed by atoms with van der Waals surface area (Å²) in [7, 11) is 0. The Balaban J connectivity index is 1.65. The maximum atomic E-state index is 6.39. The third-order valence-corrected chi connectivity index (χ3v) is 10.3. The molecule has 0 N–H and O–H groups in total. The van der Waals surface area contributed by atoms with Crippen LogP contribution in [0, 0.1) is 13.8 Å². The maximum absolute atomic E-state index is 6.39. The van der Waals surface area contributed by atoms with Gasteiger partial charge in [-0.2, -0.15) is 0 Å². The predicted molar refractivity (Wildman–Crippen MR) is 179 cm³/mol. The summed E-state index contributed by atoms with van der Waals surface area (Å²) in [6.07, 6.45) is 31.9. The lowest BCUT2D eigenvalue weighted by Gasteiger charge is -2.09. The van der Waals surface area contributed by atoms with Crippen LogP contribution in [0.5, 0.6) is 5.75 Å². The molecule has 0 bridgehead atoms.